The van der Waals surface area contributed by atoms with Crippen molar-refractivity contribution in [2.45, 2.75) is 33.2 Å². The van der Waals surface area contributed by atoms with Crippen LogP contribution in [0.15, 0.2) is 18.3 Å². The lowest BCUT2D eigenvalue weighted by Gasteiger charge is -2.17. The van der Waals surface area contributed by atoms with E-state index in [1.807, 2.05) is 23.6 Å². The van der Waals surface area contributed by atoms with Crippen LogP contribution in [-0.2, 0) is 0 Å². The van der Waals surface area contributed by atoms with Crippen molar-refractivity contribution in [3.05, 3.63) is 39.3 Å². The minimum Gasteiger partial charge on any atom is -0.305 e. The quantitative estimate of drug-likeness (QED) is 0.854. The van der Waals surface area contributed by atoms with Crippen LogP contribution in [0.3, 0.4) is 0 Å². The zero-order valence-corrected chi connectivity index (χ0v) is 11.4. The van der Waals surface area contributed by atoms with Crippen molar-refractivity contribution in [3.63, 3.8) is 0 Å². The summed E-state index contributed by atoms with van der Waals surface area (Å²) < 4.78 is 0. The molecule has 0 bridgehead atoms. The van der Waals surface area contributed by atoms with E-state index < -0.39 is 0 Å². The lowest BCUT2D eigenvalue weighted by molar-refractivity contribution is 0.584. The lowest BCUT2D eigenvalue weighted by Crippen LogP contribution is -2.23. The van der Waals surface area contributed by atoms with Gasteiger partial charge in [-0.25, -0.2) is 0 Å². The van der Waals surface area contributed by atoms with E-state index in [1.165, 1.54) is 15.3 Å². The number of aryl methyl sites for hydroxylation is 2. The van der Waals surface area contributed by atoms with Crippen molar-refractivity contribution in [3.8, 4) is 0 Å². The fourth-order valence-corrected chi connectivity index (χ4v) is 3.00. The predicted octanol–water partition coefficient (Wildman–Crippen LogP) is 3.18. The number of aromatic amines is 1. The minimum atomic E-state index is 0.238. The molecule has 0 saturated heterocycles. The van der Waals surface area contributed by atoms with E-state index in [2.05, 4.69) is 42.4 Å². The minimum absolute atomic E-state index is 0.238. The maximum absolute atomic E-state index is 4.05. The highest BCUT2D eigenvalue weighted by Crippen LogP contribution is 2.29. The lowest BCUT2D eigenvalue weighted by atomic mass is 10.0. The van der Waals surface area contributed by atoms with E-state index in [0.29, 0.717) is 0 Å². The molecular weight excluding hydrogens is 230 g/mol. The number of rotatable bonds is 5. The molecule has 0 radical (unpaired) electrons. The molecule has 2 heterocycles. The third-order valence-electron chi connectivity index (χ3n) is 2.82. The van der Waals surface area contributed by atoms with E-state index in [4.69, 9.17) is 0 Å². The molecule has 0 amide bonds. The molecule has 3 nitrogen and oxygen atoms in total. The van der Waals surface area contributed by atoms with Crippen molar-refractivity contribution in [2.75, 3.05) is 6.54 Å². The van der Waals surface area contributed by atoms with Crippen molar-refractivity contribution in [1.82, 2.24) is 15.5 Å². The molecule has 0 aliphatic carbocycles. The Balaban J connectivity index is 2.30. The van der Waals surface area contributed by atoms with Crippen LogP contribution in [0, 0.1) is 13.8 Å². The molecule has 0 aliphatic heterocycles. The van der Waals surface area contributed by atoms with Crippen LogP contribution in [0.4, 0.5) is 0 Å². The largest absolute Gasteiger partial charge is 0.305 e. The van der Waals surface area contributed by atoms with Gasteiger partial charge in [0.05, 0.1) is 11.7 Å². The molecule has 1 unspecified atom stereocenters. The van der Waals surface area contributed by atoms with Gasteiger partial charge in [0.25, 0.3) is 0 Å². The van der Waals surface area contributed by atoms with E-state index in [1.54, 1.807) is 0 Å². The normalized spacial score (nSPS) is 12.9. The van der Waals surface area contributed by atoms with Crippen LogP contribution in [0.5, 0.6) is 0 Å². The number of nitrogens with zero attached hydrogens (tertiary/aromatic N) is 1. The van der Waals surface area contributed by atoms with Crippen LogP contribution in [0.2, 0.25) is 0 Å². The first kappa shape index (κ1) is 12.3. The number of hydrogen-bond acceptors (Lipinski definition) is 3. The number of hydrogen-bond donors (Lipinski definition) is 2. The van der Waals surface area contributed by atoms with Crippen molar-refractivity contribution in [1.29, 1.82) is 0 Å². The van der Waals surface area contributed by atoms with Crippen LogP contribution in [0.25, 0.3) is 0 Å². The number of nitrogens with one attached hydrogen (secondary N) is 2. The van der Waals surface area contributed by atoms with Gasteiger partial charge in [-0.1, -0.05) is 6.92 Å². The third-order valence-corrected chi connectivity index (χ3v) is 3.80. The molecule has 0 aromatic carbocycles. The monoisotopic (exact) mass is 249 g/mol. The van der Waals surface area contributed by atoms with Crippen molar-refractivity contribution in [2.24, 2.45) is 0 Å². The fourth-order valence-electron chi connectivity index (χ4n) is 2.04. The van der Waals surface area contributed by atoms with Gasteiger partial charge in [0.1, 0.15) is 0 Å². The van der Waals surface area contributed by atoms with Gasteiger partial charge < -0.3 is 5.32 Å². The highest BCUT2D eigenvalue weighted by molar-refractivity contribution is 7.12. The SMILES string of the molecule is CCCNC(c1ccn[nH]1)c1cc(C)sc1C. The first-order valence-corrected chi connectivity index (χ1v) is 6.83. The summed E-state index contributed by atoms with van der Waals surface area (Å²) in [5, 5.41) is 10.7. The molecule has 0 fully saturated rings. The summed E-state index contributed by atoms with van der Waals surface area (Å²) >= 11 is 1.85. The topological polar surface area (TPSA) is 40.7 Å². The van der Waals surface area contributed by atoms with Gasteiger partial charge in [0.2, 0.25) is 0 Å². The van der Waals surface area contributed by atoms with E-state index >= 15 is 0 Å². The molecule has 2 rings (SSSR count). The van der Waals surface area contributed by atoms with Gasteiger partial charge in [-0.3, -0.25) is 5.10 Å². The molecule has 92 valence electrons. The molecule has 1 atom stereocenters. The van der Waals surface area contributed by atoms with Crippen LogP contribution < -0.4 is 5.32 Å². The van der Waals surface area contributed by atoms with E-state index in [-0.39, 0.29) is 6.04 Å². The fraction of sp³-hybridized carbons (Fsp3) is 0.462. The standard InChI is InChI=1S/C13H19N3S/c1-4-6-14-13(12-5-7-15-16-12)11-8-9(2)17-10(11)3/h5,7-8,13-14H,4,6H2,1-3H3,(H,15,16). The maximum Gasteiger partial charge on any atom is 0.0756 e. The van der Waals surface area contributed by atoms with Gasteiger partial charge in [-0.2, -0.15) is 5.10 Å². The zero-order valence-electron chi connectivity index (χ0n) is 10.6. The van der Waals surface area contributed by atoms with Crippen molar-refractivity contribution < 1.29 is 0 Å². The second-order valence-corrected chi connectivity index (χ2v) is 5.73. The Labute approximate surface area is 106 Å². The molecule has 0 saturated carbocycles. The number of H-pyrrole nitrogens is 1. The summed E-state index contributed by atoms with van der Waals surface area (Å²) in [6.45, 7) is 7.54. The van der Waals surface area contributed by atoms with Crippen LogP contribution in [-0.4, -0.2) is 16.7 Å². The summed E-state index contributed by atoms with van der Waals surface area (Å²) in [7, 11) is 0. The first-order chi connectivity index (χ1) is 8.22. The Morgan fingerprint density at radius 3 is 2.82 bits per heavy atom. The summed E-state index contributed by atoms with van der Waals surface area (Å²) in [5.74, 6) is 0. The van der Waals surface area contributed by atoms with Crippen LogP contribution in [0.1, 0.15) is 40.4 Å². The Bertz CT molecular complexity index is 459. The van der Waals surface area contributed by atoms with E-state index in [0.717, 1.165) is 18.7 Å². The van der Waals surface area contributed by atoms with Gasteiger partial charge >= 0.3 is 0 Å². The van der Waals surface area contributed by atoms with Crippen LogP contribution >= 0.6 is 11.3 Å². The Kier molecular flexibility index (Phi) is 3.97. The Morgan fingerprint density at radius 1 is 1.47 bits per heavy atom. The Hall–Kier alpha value is -1.13. The molecule has 2 N–H and O–H groups in total. The van der Waals surface area contributed by atoms with E-state index in [9.17, 15) is 0 Å². The molecule has 17 heavy (non-hydrogen) atoms. The average molecular weight is 249 g/mol. The molecule has 0 aliphatic rings. The zero-order chi connectivity index (χ0) is 12.3. The summed E-state index contributed by atoms with van der Waals surface area (Å²) in [6.07, 6.45) is 2.94. The number of aromatic nitrogens is 2. The second kappa shape index (κ2) is 5.47. The van der Waals surface area contributed by atoms with Crippen molar-refractivity contribution >= 4 is 11.3 Å². The van der Waals surface area contributed by atoms with Gasteiger partial charge in [0.15, 0.2) is 0 Å². The number of thiophene rings is 1. The highest BCUT2D eigenvalue weighted by Gasteiger charge is 2.18. The molecule has 0 spiro atoms. The van der Waals surface area contributed by atoms with Gasteiger partial charge in [-0.05, 0) is 44.5 Å². The van der Waals surface area contributed by atoms with Gasteiger partial charge in [0, 0.05) is 16.0 Å². The molecule has 4 heteroatoms. The summed E-state index contributed by atoms with van der Waals surface area (Å²) in [6, 6.07) is 4.55. The van der Waals surface area contributed by atoms with Gasteiger partial charge in [-0.15, -0.1) is 11.3 Å². The molecule has 2 aromatic heterocycles. The predicted molar refractivity (Wildman–Crippen MR) is 72.5 cm³/mol. The smallest absolute Gasteiger partial charge is 0.0756 e. The highest BCUT2D eigenvalue weighted by atomic mass is 32.1. The molecule has 2 aromatic rings. The molecular formula is C13H19N3S. The second-order valence-electron chi connectivity index (χ2n) is 4.27. The summed E-state index contributed by atoms with van der Waals surface area (Å²) in [5.41, 5.74) is 2.50. The summed E-state index contributed by atoms with van der Waals surface area (Å²) in [4.78, 5) is 2.74. The average Bonchev–Trinajstić information content (AvgIpc) is 2.90. The maximum atomic E-state index is 4.05. The Morgan fingerprint density at radius 2 is 2.29 bits per heavy atom. The first-order valence-electron chi connectivity index (χ1n) is 6.02. The third kappa shape index (κ3) is 2.76.